The molecule has 100 valence electrons. The first-order valence-electron chi connectivity index (χ1n) is 7.08. The summed E-state index contributed by atoms with van der Waals surface area (Å²) in [6.45, 7) is 3.11. The Kier molecular flexibility index (Phi) is 2.52. The molecule has 1 aromatic heterocycles. The van der Waals surface area contributed by atoms with Crippen molar-refractivity contribution in [3.8, 4) is 0 Å². The molecule has 3 aromatic rings. The van der Waals surface area contributed by atoms with E-state index in [4.69, 9.17) is 4.98 Å². The third kappa shape index (κ3) is 1.78. The second kappa shape index (κ2) is 4.37. The molecule has 2 N–H and O–H groups in total. The third-order valence-corrected chi connectivity index (χ3v) is 4.14. The van der Waals surface area contributed by atoms with Crippen LogP contribution in [0.2, 0.25) is 0 Å². The number of imidazole rings is 1. The van der Waals surface area contributed by atoms with Gasteiger partial charge in [0.05, 0.1) is 11.0 Å². The van der Waals surface area contributed by atoms with Gasteiger partial charge < -0.3 is 10.3 Å². The molecule has 0 aliphatic carbocycles. The Morgan fingerprint density at radius 3 is 2.95 bits per heavy atom. The highest BCUT2D eigenvalue weighted by atomic mass is 14.9. The molecule has 2 heterocycles. The molecule has 1 aliphatic rings. The third-order valence-electron chi connectivity index (χ3n) is 4.14. The molecule has 3 heteroatoms. The topological polar surface area (TPSA) is 40.7 Å². The summed E-state index contributed by atoms with van der Waals surface area (Å²) < 4.78 is 0. The Morgan fingerprint density at radius 1 is 1.15 bits per heavy atom. The van der Waals surface area contributed by atoms with Gasteiger partial charge in [-0.2, -0.15) is 0 Å². The van der Waals surface area contributed by atoms with Crippen LogP contribution in [0.15, 0.2) is 42.5 Å². The molecule has 1 unspecified atom stereocenters. The van der Waals surface area contributed by atoms with Crippen LogP contribution in [0.3, 0.4) is 0 Å². The molecule has 0 fully saturated rings. The predicted octanol–water partition coefficient (Wildman–Crippen LogP) is 3.62. The number of H-pyrrole nitrogens is 1. The maximum atomic E-state index is 4.77. The molecule has 2 aromatic carbocycles. The summed E-state index contributed by atoms with van der Waals surface area (Å²) in [5.74, 6) is 1.59. The molecular weight excluding hydrogens is 246 g/mol. The maximum absolute atomic E-state index is 4.77. The first-order chi connectivity index (χ1) is 9.81. The lowest BCUT2D eigenvalue weighted by atomic mass is 9.98. The quantitative estimate of drug-likeness (QED) is 0.741. The van der Waals surface area contributed by atoms with Crippen molar-refractivity contribution in [3.05, 3.63) is 59.4 Å². The molecule has 4 rings (SSSR count). The van der Waals surface area contributed by atoms with Gasteiger partial charge in [0.15, 0.2) is 0 Å². The van der Waals surface area contributed by atoms with Crippen LogP contribution in [0.1, 0.15) is 22.9 Å². The van der Waals surface area contributed by atoms with E-state index in [0.29, 0.717) is 5.92 Å². The van der Waals surface area contributed by atoms with E-state index in [9.17, 15) is 0 Å². The number of benzene rings is 2. The van der Waals surface area contributed by atoms with Crippen LogP contribution >= 0.6 is 0 Å². The van der Waals surface area contributed by atoms with Gasteiger partial charge in [-0.05, 0) is 30.2 Å². The number of hydrogen-bond acceptors (Lipinski definition) is 2. The fraction of sp³-hybridized carbons (Fsp3) is 0.235. The molecule has 0 bridgehead atoms. The van der Waals surface area contributed by atoms with Crippen molar-refractivity contribution in [1.82, 2.24) is 9.97 Å². The van der Waals surface area contributed by atoms with Gasteiger partial charge in [-0.25, -0.2) is 4.98 Å². The SMILES string of the molecule is Cc1cccc2[nH]c(CC3CNc4ccccc43)nc12. The predicted molar refractivity (Wildman–Crippen MR) is 82.2 cm³/mol. The first-order valence-corrected chi connectivity index (χ1v) is 7.08. The summed E-state index contributed by atoms with van der Waals surface area (Å²) in [5, 5.41) is 3.47. The highest BCUT2D eigenvalue weighted by molar-refractivity contribution is 5.78. The molecule has 20 heavy (non-hydrogen) atoms. The van der Waals surface area contributed by atoms with Gasteiger partial charge >= 0.3 is 0 Å². The fourth-order valence-electron chi connectivity index (χ4n) is 3.10. The van der Waals surface area contributed by atoms with Crippen molar-refractivity contribution in [1.29, 1.82) is 0 Å². The summed E-state index contributed by atoms with van der Waals surface area (Å²) in [7, 11) is 0. The zero-order valence-corrected chi connectivity index (χ0v) is 11.5. The molecule has 3 nitrogen and oxygen atoms in total. The van der Waals surface area contributed by atoms with Crippen LogP contribution < -0.4 is 5.32 Å². The van der Waals surface area contributed by atoms with Crippen LogP contribution in [-0.4, -0.2) is 16.5 Å². The van der Waals surface area contributed by atoms with Gasteiger partial charge in [0, 0.05) is 24.6 Å². The fourth-order valence-corrected chi connectivity index (χ4v) is 3.10. The summed E-state index contributed by atoms with van der Waals surface area (Å²) in [4.78, 5) is 8.22. The number of fused-ring (bicyclic) bond motifs is 2. The van der Waals surface area contributed by atoms with E-state index < -0.39 is 0 Å². The number of aromatic amines is 1. The Balaban J connectivity index is 1.67. The van der Waals surface area contributed by atoms with E-state index in [2.05, 4.69) is 59.7 Å². The Bertz CT molecular complexity index is 773. The second-order valence-electron chi connectivity index (χ2n) is 5.52. The smallest absolute Gasteiger partial charge is 0.107 e. The van der Waals surface area contributed by atoms with Gasteiger partial charge in [0.25, 0.3) is 0 Å². The number of anilines is 1. The van der Waals surface area contributed by atoms with Crippen molar-refractivity contribution in [3.63, 3.8) is 0 Å². The van der Waals surface area contributed by atoms with Crippen LogP contribution in [0.25, 0.3) is 11.0 Å². The zero-order chi connectivity index (χ0) is 13.5. The maximum Gasteiger partial charge on any atom is 0.107 e. The molecule has 0 saturated carbocycles. The molecule has 1 aliphatic heterocycles. The number of hydrogen-bond donors (Lipinski definition) is 2. The largest absolute Gasteiger partial charge is 0.384 e. The average Bonchev–Trinajstić information content (AvgIpc) is 3.05. The van der Waals surface area contributed by atoms with Crippen molar-refractivity contribution < 1.29 is 0 Å². The van der Waals surface area contributed by atoms with Gasteiger partial charge in [0.2, 0.25) is 0 Å². The van der Waals surface area contributed by atoms with Gasteiger partial charge in [0.1, 0.15) is 5.82 Å². The van der Waals surface area contributed by atoms with Crippen LogP contribution in [0, 0.1) is 6.92 Å². The van der Waals surface area contributed by atoms with E-state index in [1.165, 1.54) is 16.8 Å². The average molecular weight is 263 g/mol. The molecule has 0 amide bonds. The number of nitrogens with one attached hydrogen (secondary N) is 2. The summed E-state index contributed by atoms with van der Waals surface area (Å²) in [6, 6.07) is 14.8. The highest BCUT2D eigenvalue weighted by Crippen LogP contribution is 2.33. The van der Waals surface area contributed by atoms with E-state index in [-0.39, 0.29) is 0 Å². The van der Waals surface area contributed by atoms with Crippen molar-refractivity contribution >= 4 is 16.7 Å². The summed E-state index contributed by atoms with van der Waals surface area (Å²) >= 11 is 0. The standard InChI is InChI=1S/C17H17N3/c1-11-5-4-8-15-17(11)20-16(19-15)9-12-10-18-14-7-3-2-6-13(12)14/h2-8,12,18H,9-10H2,1H3,(H,19,20). The zero-order valence-electron chi connectivity index (χ0n) is 11.5. The minimum Gasteiger partial charge on any atom is -0.384 e. The lowest BCUT2D eigenvalue weighted by Gasteiger charge is -2.07. The summed E-state index contributed by atoms with van der Waals surface area (Å²) in [5.41, 5.74) is 6.14. The van der Waals surface area contributed by atoms with Crippen LogP contribution in [0.4, 0.5) is 5.69 Å². The van der Waals surface area contributed by atoms with Crippen molar-refractivity contribution in [2.24, 2.45) is 0 Å². The monoisotopic (exact) mass is 263 g/mol. The molecule has 0 radical (unpaired) electrons. The molecular formula is C17H17N3. The minimum atomic E-state index is 0.507. The van der Waals surface area contributed by atoms with E-state index in [1.807, 2.05) is 0 Å². The second-order valence-corrected chi connectivity index (χ2v) is 5.52. The molecule has 0 saturated heterocycles. The molecule has 1 atom stereocenters. The number of para-hydroxylation sites is 2. The lowest BCUT2D eigenvalue weighted by molar-refractivity contribution is 0.723. The Hall–Kier alpha value is -2.29. The minimum absolute atomic E-state index is 0.507. The number of nitrogens with zero attached hydrogens (tertiary/aromatic N) is 1. The number of aromatic nitrogens is 2. The first kappa shape index (κ1) is 11.5. The highest BCUT2D eigenvalue weighted by Gasteiger charge is 2.22. The number of rotatable bonds is 2. The van der Waals surface area contributed by atoms with Crippen LogP contribution in [0.5, 0.6) is 0 Å². The van der Waals surface area contributed by atoms with Crippen molar-refractivity contribution in [2.45, 2.75) is 19.3 Å². The van der Waals surface area contributed by atoms with Crippen LogP contribution in [-0.2, 0) is 6.42 Å². The Labute approximate surface area is 118 Å². The van der Waals surface area contributed by atoms with Gasteiger partial charge in [-0.1, -0.05) is 30.3 Å². The Morgan fingerprint density at radius 2 is 2.05 bits per heavy atom. The normalized spacial score (nSPS) is 17.1. The van der Waals surface area contributed by atoms with Crippen molar-refractivity contribution in [2.75, 3.05) is 11.9 Å². The lowest BCUT2D eigenvalue weighted by Crippen LogP contribution is -2.06. The van der Waals surface area contributed by atoms with Gasteiger partial charge in [-0.3, -0.25) is 0 Å². The molecule has 0 spiro atoms. The van der Waals surface area contributed by atoms with Gasteiger partial charge in [-0.15, -0.1) is 0 Å². The van der Waals surface area contributed by atoms with E-state index in [0.717, 1.165) is 29.8 Å². The van der Waals surface area contributed by atoms with E-state index in [1.54, 1.807) is 0 Å². The number of aryl methyl sites for hydroxylation is 1. The summed E-state index contributed by atoms with van der Waals surface area (Å²) in [6.07, 6.45) is 0.956. The van der Waals surface area contributed by atoms with E-state index >= 15 is 0 Å².